The lowest BCUT2D eigenvalue weighted by Gasteiger charge is -2.26. The van der Waals surface area contributed by atoms with E-state index in [9.17, 15) is 19.2 Å². The van der Waals surface area contributed by atoms with Crippen LogP contribution in [0.2, 0.25) is 0 Å². The molecule has 0 saturated carbocycles. The zero-order valence-electron chi connectivity index (χ0n) is 15.6. The zero-order valence-corrected chi connectivity index (χ0v) is 15.6. The Kier molecular flexibility index (Phi) is 5.54. The maximum Gasteiger partial charge on any atom is 0.326 e. The van der Waals surface area contributed by atoms with Crippen molar-refractivity contribution in [2.75, 3.05) is 23.0 Å². The first kappa shape index (κ1) is 19.3. The number of fused-ring (bicyclic) bond motifs is 1. The maximum atomic E-state index is 12.6. The molecule has 28 heavy (non-hydrogen) atoms. The molecule has 0 N–H and O–H groups in total. The van der Waals surface area contributed by atoms with E-state index in [1.807, 2.05) is 32.0 Å². The Labute approximate surface area is 162 Å². The van der Waals surface area contributed by atoms with Gasteiger partial charge in [-0.2, -0.15) is 0 Å². The smallest absolute Gasteiger partial charge is 0.326 e. The van der Waals surface area contributed by atoms with E-state index in [0.717, 1.165) is 4.90 Å². The number of carbonyl (C=O) groups is 4. The van der Waals surface area contributed by atoms with E-state index >= 15 is 0 Å². The van der Waals surface area contributed by atoms with Crippen LogP contribution in [0.1, 0.15) is 24.2 Å². The van der Waals surface area contributed by atoms with Crippen LogP contribution in [0.4, 0.5) is 11.4 Å². The molecule has 2 aromatic carbocycles. The number of para-hydroxylation sites is 2. The van der Waals surface area contributed by atoms with Crippen molar-refractivity contribution in [1.82, 2.24) is 0 Å². The summed E-state index contributed by atoms with van der Waals surface area (Å²) in [6, 6.07) is 15.4. The van der Waals surface area contributed by atoms with E-state index in [2.05, 4.69) is 0 Å². The summed E-state index contributed by atoms with van der Waals surface area (Å²) in [6.07, 6.45) is 0. The number of carbonyl (C=O) groups excluding carboxylic acids is 4. The van der Waals surface area contributed by atoms with Gasteiger partial charge in [0.15, 0.2) is 6.61 Å². The van der Waals surface area contributed by atoms with Crippen molar-refractivity contribution >= 4 is 34.9 Å². The molecule has 0 unspecified atom stereocenters. The number of amides is 2. The minimum Gasteiger partial charge on any atom is -0.454 e. The molecule has 0 atom stereocenters. The molecule has 0 bridgehead atoms. The fraction of sp³-hybridized carbons (Fsp3) is 0.238. The molecule has 1 aliphatic rings. The number of rotatable bonds is 6. The molecule has 1 aliphatic heterocycles. The third-order valence-electron chi connectivity index (χ3n) is 4.34. The minimum atomic E-state index is -0.780. The first-order valence-electron chi connectivity index (χ1n) is 8.88. The van der Waals surface area contributed by atoms with Gasteiger partial charge in [0.05, 0.1) is 11.3 Å². The van der Waals surface area contributed by atoms with Gasteiger partial charge in [-0.25, -0.2) is 0 Å². The van der Waals surface area contributed by atoms with E-state index in [0.29, 0.717) is 11.4 Å². The molecule has 2 amide bonds. The highest BCUT2D eigenvalue weighted by atomic mass is 16.5. The van der Waals surface area contributed by atoms with E-state index < -0.39 is 30.8 Å². The van der Waals surface area contributed by atoms with Crippen molar-refractivity contribution in [2.24, 2.45) is 0 Å². The van der Waals surface area contributed by atoms with Gasteiger partial charge in [0, 0.05) is 11.7 Å². The standard InChI is InChI=1S/C21H20N2O5/c1-14(2)23(15-8-4-3-5-9-15)18(24)13-28-19(25)12-22-17-11-7-6-10-16(17)20(26)21(22)27/h3-11,14H,12-13H2,1-2H3. The fourth-order valence-electron chi connectivity index (χ4n) is 3.11. The van der Waals surface area contributed by atoms with Crippen LogP contribution in [0.25, 0.3) is 0 Å². The summed E-state index contributed by atoms with van der Waals surface area (Å²) < 4.78 is 5.08. The molecule has 0 fully saturated rings. The lowest BCUT2D eigenvalue weighted by atomic mass is 10.1. The molecule has 0 radical (unpaired) electrons. The first-order chi connectivity index (χ1) is 13.4. The van der Waals surface area contributed by atoms with Crippen molar-refractivity contribution in [2.45, 2.75) is 19.9 Å². The van der Waals surface area contributed by atoms with Crippen LogP contribution in [0.15, 0.2) is 54.6 Å². The molecule has 7 heteroatoms. The number of anilines is 2. The summed E-state index contributed by atoms with van der Waals surface area (Å²) in [7, 11) is 0. The van der Waals surface area contributed by atoms with E-state index in [4.69, 9.17) is 4.74 Å². The Morgan fingerprint density at radius 2 is 1.64 bits per heavy atom. The summed E-state index contributed by atoms with van der Waals surface area (Å²) in [5.41, 5.74) is 1.33. The number of ether oxygens (including phenoxy) is 1. The summed E-state index contributed by atoms with van der Waals surface area (Å²) in [6.45, 7) is 2.84. The summed E-state index contributed by atoms with van der Waals surface area (Å²) >= 11 is 0. The number of hydrogen-bond acceptors (Lipinski definition) is 5. The van der Waals surface area contributed by atoms with Crippen LogP contribution >= 0.6 is 0 Å². The van der Waals surface area contributed by atoms with Gasteiger partial charge in [0.25, 0.3) is 17.6 Å². The Hall–Kier alpha value is -3.48. The second-order valence-corrected chi connectivity index (χ2v) is 6.59. The Bertz CT molecular complexity index is 923. The molecule has 1 heterocycles. The summed E-state index contributed by atoms with van der Waals surface area (Å²) in [4.78, 5) is 51.4. The number of Topliss-reactive ketones (excluding diaryl/α,β-unsaturated/α-hetero) is 1. The van der Waals surface area contributed by atoms with E-state index in [1.165, 1.54) is 11.0 Å². The van der Waals surface area contributed by atoms with Crippen LogP contribution in [-0.2, 0) is 19.1 Å². The van der Waals surface area contributed by atoms with Gasteiger partial charge in [-0.15, -0.1) is 0 Å². The average Bonchev–Trinajstić information content (AvgIpc) is 2.92. The van der Waals surface area contributed by atoms with Crippen molar-refractivity contribution < 1.29 is 23.9 Å². The van der Waals surface area contributed by atoms with Crippen LogP contribution in [0.5, 0.6) is 0 Å². The lowest BCUT2D eigenvalue weighted by molar-refractivity contribution is -0.146. The van der Waals surface area contributed by atoms with Crippen LogP contribution in [0, 0.1) is 0 Å². The Balaban J connectivity index is 1.63. The third-order valence-corrected chi connectivity index (χ3v) is 4.34. The maximum absolute atomic E-state index is 12.6. The monoisotopic (exact) mass is 380 g/mol. The van der Waals surface area contributed by atoms with E-state index in [-0.39, 0.29) is 17.5 Å². The molecular weight excluding hydrogens is 360 g/mol. The normalized spacial score (nSPS) is 12.9. The molecular formula is C21H20N2O5. The van der Waals surface area contributed by atoms with Gasteiger partial charge in [0.2, 0.25) is 0 Å². The predicted molar refractivity (Wildman–Crippen MR) is 103 cm³/mol. The fourth-order valence-corrected chi connectivity index (χ4v) is 3.11. The summed E-state index contributed by atoms with van der Waals surface area (Å²) in [5.74, 6) is -2.58. The van der Waals surface area contributed by atoms with Crippen LogP contribution in [0.3, 0.4) is 0 Å². The van der Waals surface area contributed by atoms with E-state index in [1.54, 1.807) is 30.3 Å². The van der Waals surface area contributed by atoms with Crippen molar-refractivity contribution in [3.63, 3.8) is 0 Å². The topological polar surface area (TPSA) is 84.0 Å². The SMILES string of the molecule is CC(C)N(C(=O)COC(=O)CN1C(=O)C(=O)c2ccccc21)c1ccccc1. The molecule has 144 valence electrons. The highest BCUT2D eigenvalue weighted by Crippen LogP contribution is 2.28. The second kappa shape index (κ2) is 8.04. The van der Waals surface area contributed by atoms with Gasteiger partial charge in [-0.1, -0.05) is 30.3 Å². The average molecular weight is 380 g/mol. The molecule has 0 saturated heterocycles. The predicted octanol–water partition coefficient (Wildman–Crippen LogP) is 2.20. The van der Waals surface area contributed by atoms with Gasteiger partial charge < -0.3 is 9.64 Å². The number of nitrogens with zero attached hydrogens (tertiary/aromatic N) is 2. The lowest BCUT2D eigenvalue weighted by Crippen LogP contribution is -2.41. The van der Waals surface area contributed by atoms with Gasteiger partial charge in [-0.3, -0.25) is 24.1 Å². The molecule has 0 aliphatic carbocycles. The Morgan fingerprint density at radius 3 is 2.32 bits per heavy atom. The molecule has 0 spiro atoms. The van der Waals surface area contributed by atoms with Crippen LogP contribution < -0.4 is 9.80 Å². The van der Waals surface area contributed by atoms with Crippen molar-refractivity contribution in [1.29, 1.82) is 0 Å². The highest BCUT2D eigenvalue weighted by Gasteiger charge is 2.36. The molecule has 7 nitrogen and oxygen atoms in total. The quantitative estimate of drug-likeness (QED) is 0.567. The highest BCUT2D eigenvalue weighted by molar-refractivity contribution is 6.52. The largest absolute Gasteiger partial charge is 0.454 e. The number of hydrogen-bond donors (Lipinski definition) is 0. The van der Waals surface area contributed by atoms with Gasteiger partial charge in [0.1, 0.15) is 6.54 Å². The molecule has 2 aromatic rings. The zero-order chi connectivity index (χ0) is 20.3. The minimum absolute atomic E-state index is 0.127. The first-order valence-corrected chi connectivity index (χ1v) is 8.88. The van der Waals surface area contributed by atoms with Gasteiger partial charge >= 0.3 is 5.97 Å². The number of benzene rings is 2. The molecule has 3 rings (SSSR count). The number of esters is 1. The third kappa shape index (κ3) is 3.78. The van der Waals surface area contributed by atoms with Crippen molar-refractivity contribution in [3.05, 3.63) is 60.2 Å². The molecule has 0 aromatic heterocycles. The van der Waals surface area contributed by atoms with Gasteiger partial charge in [-0.05, 0) is 38.1 Å². The summed E-state index contributed by atoms with van der Waals surface area (Å²) in [5, 5.41) is 0. The second-order valence-electron chi connectivity index (χ2n) is 6.59. The van der Waals surface area contributed by atoms with Crippen LogP contribution in [-0.4, -0.2) is 42.8 Å². The van der Waals surface area contributed by atoms with Crippen molar-refractivity contribution in [3.8, 4) is 0 Å². The number of ketones is 1. The Morgan fingerprint density at radius 1 is 1.00 bits per heavy atom.